The average Bonchev–Trinajstić information content (AvgIpc) is 3.21. The molecule has 33 heavy (non-hydrogen) atoms. The van der Waals surface area contributed by atoms with Crippen LogP contribution in [0.2, 0.25) is 0 Å². The Labute approximate surface area is 197 Å². The van der Waals surface area contributed by atoms with Gasteiger partial charge in [0.1, 0.15) is 0 Å². The molecule has 1 atom stereocenters. The fraction of sp³-hybridized carbons (Fsp3) is 0.652. The van der Waals surface area contributed by atoms with Gasteiger partial charge < -0.3 is 14.7 Å². The molecule has 1 unspecified atom stereocenters. The fourth-order valence-corrected chi connectivity index (χ4v) is 6.41. The maximum Gasteiger partial charge on any atom is 0.282 e. The number of benzene rings is 1. The van der Waals surface area contributed by atoms with Crippen LogP contribution in [0.25, 0.3) is 0 Å². The Kier molecular flexibility index (Phi) is 7.37. The summed E-state index contributed by atoms with van der Waals surface area (Å²) in [4.78, 5) is 31.3. The molecule has 9 nitrogen and oxygen atoms in total. The second-order valence-electron chi connectivity index (χ2n) is 9.26. The molecule has 4 rings (SSSR count). The first-order valence-corrected chi connectivity index (χ1v) is 13.3. The van der Waals surface area contributed by atoms with Crippen molar-refractivity contribution < 1.29 is 18.0 Å². The molecule has 0 N–H and O–H groups in total. The average molecular weight is 478 g/mol. The van der Waals surface area contributed by atoms with Gasteiger partial charge in [0.05, 0.1) is 5.92 Å². The van der Waals surface area contributed by atoms with Gasteiger partial charge in [-0.15, -0.1) is 0 Å². The lowest BCUT2D eigenvalue weighted by Gasteiger charge is -2.39. The Bertz CT molecular complexity index is 952. The van der Waals surface area contributed by atoms with E-state index in [2.05, 4.69) is 11.8 Å². The zero-order valence-electron chi connectivity index (χ0n) is 19.6. The molecule has 2 amide bonds. The summed E-state index contributed by atoms with van der Waals surface area (Å²) in [6, 6.07) is 8.00. The van der Waals surface area contributed by atoms with E-state index in [0.29, 0.717) is 45.8 Å². The predicted molar refractivity (Wildman–Crippen MR) is 127 cm³/mol. The highest BCUT2D eigenvalue weighted by atomic mass is 32.2. The second-order valence-corrected chi connectivity index (χ2v) is 11.2. The van der Waals surface area contributed by atoms with Crippen LogP contribution in [-0.2, 0) is 26.2 Å². The van der Waals surface area contributed by atoms with E-state index in [1.807, 2.05) is 31.3 Å². The summed E-state index contributed by atoms with van der Waals surface area (Å²) in [6.07, 6.45) is 2.28. The number of nitrogens with zero attached hydrogens (tertiary/aromatic N) is 5. The molecule has 1 aromatic rings. The smallest absolute Gasteiger partial charge is 0.282 e. The van der Waals surface area contributed by atoms with E-state index in [1.165, 1.54) is 9.87 Å². The van der Waals surface area contributed by atoms with Crippen molar-refractivity contribution in [1.29, 1.82) is 0 Å². The van der Waals surface area contributed by atoms with Gasteiger partial charge in [0.15, 0.2) is 0 Å². The Balaban J connectivity index is 1.32. The van der Waals surface area contributed by atoms with Crippen LogP contribution in [0.15, 0.2) is 24.3 Å². The first-order chi connectivity index (χ1) is 15.8. The Morgan fingerprint density at radius 2 is 1.52 bits per heavy atom. The molecule has 0 radical (unpaired) electrons. The fourth-order valence-electron chi connectivity index (χ4n) is 4.83. The maximum atomic E-state index is 13.1. The minimum atomic E-state index is -3.50. The third-order valence-corrected chi connectivity index (χ3v) is 8.96. The zero-order chi connectivity index (χ0) is 23.6. The summed E-state index contributed by atoms with van der Waals surface area (Å²) in [7, 11) is -1.51. The summed E-state index contributed by atoms with van der Waals surface area (Å²) in [6.45, 7) is 6.28. The molecule has 3 fully saturated rings. The van der Waals surface area contributed by atoms with E-state index in [-0.39, 0.29) is 24.2 Å². The summed E-state index contributed by atoms with van der Waals surface area (Å²) in [5.74, 6) is -0.466. The van der Waals surface area contributed by atoms with Crippen LogP contribution >= 0.6 is 0 Å². The molecule has 0 bridgehead atoms. The number of hydrogen-bond acceptors (Lipinski definition) is 5. The maximum absolute atomic E-state index is 13.1. The molecule has 3 aliphatic heterocycles. The van der Waals surface area contributed by atoms with Gasteiger partial charge in [0.2, 0.25) is 11.8 Å². The number of aryl methyl sites for hydroxylation is 1. The van der Waals surface area contributed by atoms with Crippen LogP contribution in [0.3, 0.4) is 0 Å². The lowest BCUT2D eigenvalue weighted by atomic mass is 10.1. The minimum absolute atomic E-state index is 0.0344. The van der Waals surface area contributed by atoms with E-state index >= 15 is 0 Å². The summed E-state index contributed by atoms with van der Waals surface area (Å²) in [5, 5.41) is 0. The molecule has 0 spiro atoms. The van der Waals surface area contributed by atoms with Crippen LogP contribution in [0, 0.1) is 5.92 Å². The van der Waals surface area contributed by atoms with E-state index in [0.717, 1.165) is 31.6 Å². The number of hydrogen-bond donors (Lipinski definition) is 0. The highest BCUT2D eigenvalue weighted by Crippen LogP contribution is 2.27. The van der Waals surface area contributed by atoms with Crippen LogP contribution < -0.4 is 4.90 Å². The number of piperazine rings is 2. The van der Waals surface area contributed by atoms with Crippen LogP contribution in [0.4, 0.5) is 5.69 Å². The van der Waals surface area contributed by atoms with Gasteiger partial charge in [-0.05, 0) is 31.2 Å². The normalized spacial score (nSPS) is 23.9. The summed E-state index contributed by atoms with van der Waals surface area (Å²) in [5.41, 5.74) is 2.07. The number of carbonyl (C=O) groups is 2. The molecule has 3 aliphatic rings. The second kappa shape index (κ2) is 10.1. The van der Waals surface area contributed by atoms with Gasteiger partial charge in [-0.25, -0.2) is 0 Å². The van der Waals surface area contributed by atoms with Crippen molar-refractivity contribution in [2.24, 2.45) is 5.92 Å². The van der Waals surface area contributed by atoms with Gasteiger partial charge in [-0.1, -0.05) is 25.5 Å². The van der Waals surface area contributed by atoms with E-state index in [9.17, 15) is 18.0 Å². The largest absolute Gasteiger partial charge is 0.340 e. The van der Waals surface area contributed by atoms with E-state index in [4.69, 9.17) is 0 Å². The van der Waals surface area contributed by atoms with Crippen molar-refractivity contribution in [3.05, 3.63) is 29.8 Å². The number of carbonyl (C=O) groups excluding carboxylic acids is 2. The molecular weight excluding hydrogens is 442 g/mol. The zero-order valence-corrected chi connectivity index (χ0v) is 20.5. The van der Waals surface area contributed by atoms with Crippen LogP contribution in [0.5, 0.6) is 0 Å². The van der Waals surface area contributed by atoms with Crippen molar-refractivity contribution >= 4 is 27.7 Å². The number of anilines is 1. The van der Waals surface area contributed by atoms with Crippen molar-refractivity contribution in [2.75, 3.05) is 70.9 Å². The first kappa shape index (κ1) is 24.1. The van der Waals surface area contributed by atoms with E-state index in [1.54, 1.807) is 14.1 Å². The Morgan fingerprint density at radius 3 is 2.09 bits per heavy atom. The third kappa shape index (κ3) is 5.24. The Morgan fingerprint density at radius 1 is 0.939 bits per heavy atom. The van der Waals surface area contributed by atoms with Crippen molar-refractivity contribution in [1.82, 2.24) is 18.4 Å². The molecule has 1 aromatic carbocycles. The SMILES string of the molecule is CCCc1ccc(N2CC(C(=O)N3CCN(S(=O)(=O)N4CCN(C)CC4)CC3)CC2=O)cc1. The summed E-state index contributed by atoms with van der Waals surface area (Å²) >= 11 is 0. The van der Waals surface area contributed by atoms with Gasteiger partial charge in [-0.2, -0.15) is 17.0 Å². The molecule has 182 valence electrons. The van der Waals surface area contributed by atoms with Gasteiger partial charge in [0, 0.05) is 71.0 Å². The molecule has 3 heterocycles. The van der Waals surface area contributed by atoms with Crippen LogP contribution in [-0.4, -0.2) is 105 Å². The Hall–Kier alpha value is -2.01. The number of amides is 2. The monoisotopic (exact) mass is 477 g/mol. The highest BCUT2D eigenvalue weighted by molar-refractivity contribution is 7.86. The standard InChI is InChI=1S/C23H35N5O4S/c1-3-4-19-5-7-21(8-6-19)28-18-20(17-22(28)29)23(30)25-11-15-27(16-12-25)33(31,32)26-13-9-24(2)10-14-26/h5-8,20H,3-4,9-18H2,1-2H3. The highest BCUT2D eigenvalue weighted by Gasteiger charge is 2.40. The van der Waals surface area contributed by atoms with Crippen molar-refractivity contribution in [2.45, 2.75) is 26.2 Å². The minimum Gasteiger partial charge on any atom is -0.340 e. The molecule has 3 saturated heterocycles. The summed E-state index contributed by atoms with van der Waals surface area (Å²) < 4.78 is 29.0. The molecule has 0 aliphatic carbocycles. The van der Waals surface area contributed by atoms with Crippen molar-refractivity contribution in [3.63, 3.8) is 0 Å². The number of likely N-dealkylation sites (N-methyl/N-ethyl adjacent to an activating group) is 1. The molecule has 10 heteroatoms. The molecule has 0 saturated carbocycles. The lowest BCUT2D eigenvalue weighted by molar-refractivity contribution is -0.137. The van der Waals surface area contributed by atoms with Crippen LogP contribution in [0.1, 0.15) is 25.3 Å². The third-order valence-electron chi connectivity index (χ3n) is 6.93. The van der Waals surface area contributed by atoms with Crippen molar-refractivity contribution in [3.8, 4) is 0 Å². The van der Waals surface area contributed by atoms with E-state index < -0.39 is 10.2 Å². The number of rotatable bonds is 6. The van der Waals surface area contributed by atoms with Gasteiger partial charge in [-0.3, -0.25) is 9.59 Å². The quantitative estimate of drug-likeness (QED) is 0.600. The molecule has 0 aromatic heterocycles. The topological polar surface area (TPSA) is 84.5 Å². The van der Waals surface area contributed by atoms with Gasteiger partial charge >= 0.3 is 0 Å². The lowest BCUT2D eigenvalue weighted by Crippen LogP contribution is -2.57. The first-order valence-electron chi connectivity index (χ1n) is 11.9. The molecular formula is C23H35N5O4S. The predicted octanol–water partition coefficient (Wildman–Crippen LogP) is 0.628. The van der Waals surface area contributed by atoms with Gasteiger partial charge in [0.25, 0.3) is 10.2 Å².